The van der Waals surface area contributed by atoms with E-state index in [4.69, 9.17) is 14.6 Å². The van der Waals surface area contributed by atoms with E-state index in [0.717, 1.165) is 12.2 Å². The highest BCUT2D eigenvalue weighted by Gasteiger charge is 2.03. The zero-order chi connectivity index (χ0) is 14.1. The molecule has 0 radical (unpaired) electrons. The Bertz CT molecular complexity index is 420. The molecule has 0 heterocycles. The van der Waals surface area contributed by atoms with Crippen molar-refractivity contribution in [3.05, 3.63) is 41.5 Å². The van der Waals surface area contributed by atoms with E-state index < -0.39 is 5.97 Å². The summed E-state index contributed by atoms with van der Waals surface area (Å²) >= 11 is 0. The van der Waals surface area contributed by atoms with Crippen LogP contribution in [-0.2, 0) is 16.0 Å². The number of hydrogen-bond acceptors (Lipinski definition) is 3. The molecule has 0 saturated carbocycles. The van der Waals surface area contributed by atoms with Gasteiger partial charge in [-0.15, -0.1) is 0 Å². The van der Waals surface area contributed by atoms with Crippen LogP contribution in [0.1, 0.15) is 18.9 Å². The van der Waals surface area contributed by atoms with Gasteiger partial charge in [0.05, 0.1) is 6.61 Å². The van der Waals surface area contributed by atoms with Crippen LogP contribution in [0.3, 0.4) is 0 Å². The molecule has 0 atom stereocenters. The molecule has 4 nitrogen and oxygen atoms in total. The van der Waals surface area contributed by atoms with Crippen molar-refractivity contribution in [2.75, 3.05) is 20.3 Å². The molecule has 0 amide bonds. The SMILES string of the molecule is CCC(=CCOc1ccc(CCOC)cc1)C(=O)O. The van der Waals surface area contributed by atoms with Crippen molar-refractivity contribution in [2.45, 2.75) is 19.8 Å². The Morgan fingerprint density at radius 3 is 2.53 bits per heavy atom. The van der Waals surface area contributed by atoms with Crippen molar-refractivity contribution in [1.29, 1.82) is 0 Å². The maximum Gasteiger partial charge on any atom is 0.331 e. The molecule has 0 unspecified atom stereocenters. The van der Waals surface area contributed by atoms with Crippen molar-refractivity contribution in [3.63, 3.8) is 0 Å². The molecule has 1 rings (SSSR count). The van der Waals surface area contributed by atoms with Crippen molar-refractivity contribution in [1.82, 2.24) is 0 Å². The second-order valence-electron chi connectivity index (χ2n) is 4.09. The molecule has 1 aromatic carbocycles. The normalized spacial score (nSPS) is 11.4. The Kier molecular flexibility index (Phi) is 6.68. The molecular formula is C15H20O4. The van der Waals surface area contributed by atoms with E-state index in [1.54, 1.807) is 13.2 Å². The maximum absolute atomic E-state index is 10.8. The van der Waals surface area contributed by atoms with Crippen LogP contribution in [0.15, 0.2) is 35.9 Å². The Balaban J connectivity index is 2.47. The van der Waals surface area contributed by atoms with Gasteiger partial charge in [0.1, 0.15) is 12.4 Å². The molecule has 0 aromatic heterocycles. The van der Waals surface area contributed by atoms with E-state index in [1.807, 2.05) is 31.2 Å². The number of hydrogen-bond donors (Lipinski definition) is 1. The number of ether oxygens (including phenoxy) is 2. The van der Waals surface area contributed by atoms with Crippen LogP contribution in [0.2, 0.25) is 0 Å². The van der Waals surface area contributed by atoms with Crippen LogP contribution in [0.5, 0.6) is 5.75 Å². The molecule has 1 N–H and O–H groups in total. The standard InChI is InChI=1S/C15H20O4/c1-3-13(15(16)17)9-11-19-14-6-4-12(5-7-14)8-10-18-2/h4-7,9H,3,8,10-11H2,1-2H3,(H,16,17). The molecule has 0 aliphatic carbocycles. The molecule has 0 aliphatic rings. The topological polar surface area (TPSA) is 55.8 Å². The first-order valence-electron chi connectivity index (χ1n) is 6.30. The van der Waals surface area contributed by atoms with Gasteiger partial charge in [0.25, 0.3) is 0 Å². The second-order valence-corrected chi connectivity index (χ2v) is 4.09. The highest BCUT2D eigenvalue weighted by atomic mass is 16.5. The molecular weight excluding hydrogens is 244 g/mol. The van der Waals surface area contributed by atoms with Crippen LogP contribution < -0.4 is 4.74 Å². The first-order chi connectivity index (χ1) is 9.17. The van der Waals surface area contributed by atoms with E-state index in [1.165, 1.54) is 5.56 Å². The van der Waals surface area contributed by atoms with Crippen molar-refractivity contribution in [2.24, 2.45) is 0 Å². The number of methoxy groups -OCH3 is 1. The minimum absolute atomic E-state index is 0.271. The third kappa shape index (κ3) is 5.57. The predicted octanol–water partition coefficient (Wildman–Crippen LogP) is 2.68. The Morgan fingerprint density at radius 2 is 2.00 bits per heavy atom. The van der Waals surface area contributed by atoms with Gasteiger partial charge in [-0.25, -0.2) is 4.79 Å². The summed E-state index contributed by atoms with van der Waals surface area (Å²) in [5.41, 5.74) is 1.56. The quantitative estimate of drug-likeness (QED) is 0.733. The fourth-order valence-corrected chi connectivity index (χ4v) is 1.59. The highest BCUT2D eigenvalue weighted by molar-refractivity contribution is 5.86. The molecule has 19 heavy (non-hydrogen) atoms. The first kappa shape index (κ1) is 15.2. The fraction of sp³-hybridized carbons (Fsp3) is 0.400. The average molecular weight is 264 g/mol. The zero-order valence-electron chi connectivity index (χ0n) is 11.4. The molecule has 0 bridgehead atoms. The van der Waals surface area contributed by atoms with Crippen LogP contribution in [-0.4, -0.2) is 31.4 Å². The molecule has 0 spiro atoms. The summed E-state index contributed by atoms with van der Waals surface area (Å²) in [5, 5.41) is 8.85. The lowest BCUT2D eigenvalue weighted by atomic mass is 10.1. The minimum atomic E-state index is -0.888. The molecule has 0 aliphatic heterocycles. The Morgan fingerprint density at radius 1 is 1.32 bits per heavy atom. The van der Waals surface area contributed by atoms with Gasteiger partial charge in [0, 0.05) is 12.7 Å². The van der Waals surface area contributed by atoms with Gasteiger partial charge in [-0.2, -0.15) is 0 Å². The van der Waals surface area contributed by atoms with Gasteiger partial charge in [-0.3, -0.25) is 0 Å². The minimum Gasteiger partial charge on any atom is -0.490 e. The Hall–Kier alpha value is -1.81. The van der Waals surface area contributed by atoms with Gasteiger partial charge in [-0.05, 0) is 36.6 Å². The summed E-state index contributed by atoms with van der Waals surface area (Å²) in [7, 11) is 1.68. The number of carboxylic acid groups (broad SMARTS) is 1. The lowest BCUT2D eigenvalue weighted by Gasteiger charge is -2.06. The largest absolute Gasteiger partial charge is 0.490 e. The van der Waals surface area contributed by atoms with Gasteiger partial charge in [0.15, 0.2) is 0 Å². The molecule has 1 aromatic rings. The van der Waals surface area contributed by atoms with E-state index in [-0.39, 0.29) is 6.61 Å². The highest BCUT2D eigenvalue weighted by Crippen LogP contribution is 2.13. The van der Waals surface area contributed by atoms with Gasteiger partial charge in [-0.1, -0.05) is 19.1 Å². The Labute approximate surface area is 113 Å². The summed E-state index contributed by atoms with van der Waals surface area (Å²) in [6.07, 6.45) is 2.96. The van der Waals surface area contributed by atoms with Crippen LogP contribution in [0.25, 0.3) is 0 Å². The summed E-state index contributed by atoms with van der Waals surface area (Å²) in [6, 6.07) is 7.72. The summed E-state index contributed by atoms with van der Waals surface area (Å²) in [5.74, 6) is -0.153. The van der Waals surface area contributed by atoms with E-state index >= 15 is 0 Å². The molecule has 0 saturated heterocycles. The molecule has 104 valence electrons. The number of benzene rings is 1. The van der Waals surface area contributed by atoms with E-state index in [0.29, 0.717) is 18.6 Å². The van der Waals surface area contributed by atoms with Crippen molar-refractivity contribution in [3.8, 4) is 5.75 Å². The second kappa shape index (κ2) is 8.32. The number of carboxylic acids is 1. The first-order valence-corrected chi connectivity index (χ1v) is 6.30. The summed E-state index contributed by atoms with van der Waals surface area (Å²) in [6.45, 7) is 2.78. The number of aliphatic carboxylic acids is 1. The molecule has 4 heteroatoms. The third-order valence-corrected chi connectivity index (χ3v) is 2.75. The van der Waals surface area contributed by atoms with Gasteiger partial charge in [0.2, 0.25) is 0 Å². The van der Waals surface area contributed by atoms with Crippen molar-refractivity contribution >= 4 is 5.97 Å². The summed E-state index contributed by atoms with van der Waals surface area (Å²) in [4.78, 5) is 10.8. The van der Waals surface area contributed by atoms with E-state index in [2.05, 4.69) is 0 Å². The monoisotopic (exact) mass is 264 g/mol. The average Bonchev–Trinajstić information content (AvgIpc) is 2.42. The van der Waals surface area contributed by atoms with Gasteiger partial charge >= 0.3 is 5.97 Å². The van der Waals surface area contributed by atoms with Crippen LogP contribution in [0, 0.1) is 0 Å². The van der Waals surface area contributed by atoms with Gasteiger partial charge < -0.3 is 14.6 Å². The number of carbonyl (C=O) groups is 1. The van der Waals surface area contributed by atoms with E-state index in [9.17, 15) is 4.79 Å². The van der Waals surface area contributed by atoms with Crippen LogP contribution >= 0.6 is 0 Å². The third-order valence-electron chi connectivity index (χ3n) is 2.75. The predicted molar refractivity (Wildman–Crippen MR) is 73.5 cm³/mol. The van der Waals surface area contributed by atoms with Crippen molar-refractivity contribution < 1.29 is 19.4 Å². The lowest BCUT2D eigenvalue weighted by Crippen LogP contribution is -2.03. The summed E-state index contributed by atoms with van der Waals surface area (Å²) < 4.78 is 10.5. The fourth-order valence-electron chi connectivity index (χ4n) is 1.59. The molecule has 0 fully saturated rings. The lowest BCUT2D eigenvalue weighted by molar-refractivity contribution is -0.132. The zero-order valence-corrected chi connectivity index (χ0v) is 11.4. The maximum atomic E-state index is 10.8. The van der Waals surface area contributed by atoms with Crippen LogP contribution in [0.4, 0.5) is 0 Å². The smallest absolute Gasteiger partial charge is 0.331 e. The number of rotatable bonds is 8.